The first-order chi connectivity index (χ1) is 11.7. The SMILES string of the molecule is CCSc1nnc2c(n1)O[C@@H](c1ccc(I)o1)Nc1ccccc1-2. The maximum Gasteiger partial charge on any atom is 0.247 e. The molecule has 0 saturated heterocycles. The van der Waals surface area contributed by atoms with Gasteiger partial charge in [-0.15, -0.1) is 10.2 Å². The number of para-hydroxylation sites is 1. The van der Waals surface area contributed by atoms with Crippen molar-refractivity contribution in [1.29, 1.82) is 0 Å². The Balaban J connectivity index is 1.83. The fourth-order valence-electron chi connectivity index (χ4n) is 2.44. The molecular weight excluding hydrogens is 439 g/mol. The van der Waals surface area contributed by atoms with Crippen LogP contribution in [0.3, 0.4) is 0 Å². The van der Waals surface area contributed by atoms with E-state index in [0.29, 0.717) is 22.5 Å². The predicted molar refractivity (Wildman–Crippen MR) is 100 cm³/mol. The van der Waals surface area contributed by atoms with Crippen LogP contribution in [0.15, 0.2) is 46.0 Å². The van der Waals surface area contributed by atoms with Crippen LogP contribution in [0.25, 0.3) is 11.3 Å². The van der Waals surface area contributed by atoms with Crippen molar-refractivity contribution < 1.29 is 9.15 Å². The lowest BCUT2D eigenvalue weighted by atomic mass is 10.1. The number of halogens is 1. The summed E-state index contributed by atoms with van der Waals surface area (Å²) in [6.45, 7) is 2.05. The van der Waals surface area contributed by atoms with Gasteiger partial charge in [0.15, 0.2) is 15.2 Å². The molecule has 1 aliphatic rings. The standard InChI is InChI=1S/C16H13IN4O2S/c1-2-24-16-19-15-13(20-21-16)9-5-3-4-6-10(9)18-14(23-15)11-7-8-12(17)22-11/h3-8,14,18H,2H2,1H3/t14-/m0/s1. The molecule has 1 aliphatic heterocycles. The number of hydrogen-bond acceptors (Lipinski definition) is 7. The second kappa shape index (κ2) is 6.60. The molecular formula is C16H13IN4O2S. The minimum atomic E-state index is -0.480. The van der Waals surface area contributed by atoms with E-state index >= 15 is 0 Å². The van der Waals surface area contributed by atoms with Crippen molar-refractivity contribution in [2.75, 3.05) is 11.1 Å². The van der Waals surface area contributed by atoms with E-state index in [1.165, 1.54) is 11.8 Å². The minimum absolute atomic E-state index is 0.454. The Labute approximate surface area is 156 Å². The van der Waals surface area contributed by atoms with Gasteiger partial charge in [0, 0.05) is 11.3 Å². The normalized spacial score (nSPS) is 15.7. The number of fused-ring (bicyclic) bond motifs is 3. The van der Waals surface area contributed by atoms with E-state index in [-0.39, 0.29) is 0 Å². The lowest BCUT2D eigenvalue weighted by Crippen LogP contribution is -2.16. The first-order valence-corrected chi connectivity index (χ1v) is 9.46. The quantitative estimate of drug-likeness (QED) is 0.468. The molecule has 0 amide bonds. The second-order valence-electron chi connectivity index (χ2n) is 5.01. The largest absolute Gasteiger partial charge is 0.449 e. The first kappa shape index (κ1) is 15.7. The smallest absolute Gasteiger partial charge is 0.247 e. The molecule has 3 heterocycles. The molecule has 24 heavy (non-hydrogen) atoms. The molecule has 0 aliphatic carbocycles. The first-order valence-electron chi connectivity index (χ1n) is 7.40. The molecule has 4 rings (SSSR count). The maximum atomic E-state index is 6.09. The Morgan fingerprint density at radius 1 is 1.21 bits per heavy atom. The number of furan rings is 1. The van der Waals surface area contributed by atoms with Crippen LogP contribution in [0.5, 0.6) is 5.88 Å². The number of benzene rings is 1. The number of hydrogen-bond donors (Lipinski definition) is 1. The molecule has 0 fully saturated rings. The van der Waals surface area contributed by atoms with Gasteiger partial charge in [0.25, 0.3) is 0 Å². The molecule has 0 radical (unpaired) electrons. The monoisotopic (exact) mass is 452 g/mol. The van der Waals surface area contributed by atoms with Crippen molar-refractivity contribution in [2.45, 2.75) is 18.3 Å². The van der Waals surface area contributed by atoms with E-state index in [9.17, 15) is 0 Å². The number of thioether (sulfide) groups is 1. The summed E-state index contributed by atoms with van der Waals surface area (Å²) < 4.78 is 12.6. The lowest BCUT2D eigenvalue weighted by Gasteiger charge is -2.16. The van der Waals surface area contributed by atoms with Crippen LogP contribution in [-0.2, 0) is 0 Å². The Hall–Kier alpha value is -1.81. The van der Waals surface area contributed by atoms with Crippen LogP contribution in [0.2, 0.25) is 0 Å². The third kappa shape index (κ3) is 2.95. The predicted octanol–water partition coefficient (Wildman–Crippen LogP) is 4.35. The third-order valence-electron chi connectivity index (χ3n) is 3.46. The average Bonchev–Trinajstić information content (AvgIpc) is 2.95. The zero-order valence-corrected chi connectivity index (χ0v) is 15.7. The molecule has 3 aromatic rings. The highest BCUT2D eigenvalue weighted by Gasteiger charge is 2.27. The van der Waals surface area contributed by atoms with Crippen molar-refractivity contribution >= 4 is 40.0 Å². The Morgan fingerprint density at radius 3 is 2.88 bits per heavy atom. The Bertz CT molecular complexity index is 886. The maximum absolute atomic E-state index is 6.09. The summed E-state index contributed by atoms with van der Waals surface area (Å²) in [7, 11) is 0. The van der Waals surface area contributed by atoms with E-state index in [2.05, 4.69) is 43.1 Å². The molecule has 122 valence electrons. The summed E-state index contributed by atoms with van der Waals surface area (Å²) in [5.74, 6) is 2.01. The van der Waals surface area contributed by atoms with Gasteiger partial charge in [0.1, 0.15) is 0 Å². The number of rotatable bonds is 3. The average molecular weight is 452 g/mol. The highest BCUT2D eigenvalue weighted by molar-refractivity contribution is 14.1. The second-order valence-corrected chi connectivity index (χ2v) is 7.31. The molecule has 0 saturated carbocycles. The minimum Gasteiger partial charge on any atom is -0.449 e. The molecule has 2 aromatic heterocycles. The van der Waals surface area contributed by atoms with Gasteiger partial charge in [-0.3, -0.25) is 0 Å². The summed E-state index contributed by atoms with van der Waals surface area (Å²) in [5, 5.41) is 12.5. The van der Waals surface area contributed by atoms with Gasteiger partial charge < -0.3 is 14.5 Å². The summed E-state index contributed by atoms with van der Waals surface area (Å²) >= 11 is 3.66. The zero-order valence-electron chi connectivity index (χ0n) is 12.7. The highest BCUT2D eigenvalue weighted by Crippen LogP contribution is 2.39. The van der Waals surface area contributed by atoms with Crippen LogP contribution in [0.4, 0.5) is 5.69 Å². The van der Waals surface area contributed by atoms with Gasteiger partial charge in [-0.25, -0.2) is 0 Å². The summed E-state index contributed by atoms with van der Waals surface area (Å²) in [4.78, 5) is 4.53. The number of nitrogens with zero attached hydrogens (tertiary/aromatic N) is 3. The van der Waals surface area contributed by atoms with Crippen molar-refractivity contribution in [3.8, 4) is 17.1 Å². The molecule has 1 aromatic carbocycles. The van der Waals surface area contributed by atoms with E-state index < -0.39 is 6.23 Å². The molecule has 8 heteroatoms. The third-order valence-corrected chi connectivity index (χ3v) is 4.76. The Morgan fingerprint density at radius 2 is 2.08 bits per heavy atom. The van der Waals surface area contributed by atoms with Gasteiger partial charge in [-0.1, -0.05) is 36.9 Å². The zero-order chi connectivity index (χ0) is 16.5. The highest BCUT2D eigenvalue weighted by atomic mass is 127. The molecule has 0 spiro atoms. The summed E-state index contributed by atoms with van der Waals surface area (Å²) in [6.07, 6.45) is -0.480. The van der Waals surface area contributed by atoms with E-state index in [1.807, 2.05) is 43.3 Å². The van der Waals surface area contributed by atoms with Gasteiger partial charge in [-0.2, -0.15) is 4.98 Å². The Kier molecular flexibility index (Phi) is 4.31. The van der Waals surface area contributed by atoms with Gasteiger partial charge in [-0.05, 0) is 46.5 Å². The van der Waals surface area contributed by atoms with Crippen molar-refractivity contribution in [1.82, 2.24) is 15.2 Å². The van der Waals surface area contributed by atoms with Crippen LogP contribution in [0.1, 0.15) is 18.9 Å². The topological polar surface area (TPSA) is 73.1 Å². The molecule has 6 nitrogen and oxygen atoms in total. The van der Waals surface area contributed by atoms with Crippen molar-refractivity contribution in [2.24, 2.45) is 0 Å². The number of aromatic nitrogens is 3. The van der Waals surface area contributed by atoms with Crippen LogP contribution in [-0.4, -0.2) is 20.9 Å². The van der Waals surface area contributed by atoms with Crippen LogP contribution < -0.4 is 10.1 Å². The van der Waals surface area contributed by atoms with Gasteiger partial charge >= 0.3 is 0 Å². The fraction of sp³-hybridized carbons (Fsp3) is 0.188. The van der Waals surface area contributed by atoms with Gasteiger partial charge in [0.05, 0.1) is 0 Å². The number of ether oxygens (including phenoxy) is 1. The number of anilines is 1. The van der Waals surface area contributed by atoms with E-state index in [4.69, 9.17) is 9.15 Å². The molecule has 1 N–H and O–H groups in total. The molecule has 0 bridgehead atoms. The summed E-state index contributed by atoms with van der Waals surface area (Å²) in [6, 6.07) is 11.7. The number of nitrogens with one attached hydrogen (secondary N) is 1. The van der Waals surface area contributed by atoms with Crippen molar-refractivity contribution in [3.05, 3.63) is 45.9 Å². The summed E-state index contributed by atoms with van der Waals surface area (Å²) in [5.41, 5.74) is 2.44. The van der Waals surface area contributed by atoms with Crippen molar-refractivity contribution in [3.63, 3.8) is 0 Å². The van der Waals surface area contributed by atoms with Crippen LogP contribution in [0, 0.1) is 3.77 Å². The van der Waals surface area contributed by atoms with Crippen LogP contribution >= 0.6 is 34.4 Å². The fourth-order valence-corrected chi connectivity index (χ4v) is 3.37. The van der Waals surface area contributed by atoms with E-state index in [0.717, 1.165) is 20.8 Å². The lowest BCUT2D eigenvalue weighted by molar-refractivity contribution is 0.193. The molecule has 1 atom stereocenters. The van der Waals surface area contributed by atoms with E-state index in [1.54, 1.807) is 0 Å². The molecule has 0 unspecified atom stereocenters. The van der Waals surface area contributed by atoms with Gasteiger partial charge in [0.2, 0.25) is 17.3 Å².